The van der Waals surface area contributed by atoms with Crippen molar-refractivity contribution in [2.24, 2.45) is 0 Å². The minimum atomic E-state index is -0.135. The van der Waals surface area contributed by atoms with E-state index in [0.717, 1.165) is 0 Å². The van der Waals surface area contributed by atoms with E-state index in [-0.39, 0.29) is 16.8 Å². The van der Waals surface area contributed by atoms with E-state index in [2.05, 4.69) is 11.9 Å². The van der Waals surface area contributed by atoms with Crippen molar-refractivity contribution in [1.29, 1.82) is 15.8 Å². The molecule has 1 N–H and O–H groups in total. The molecule has 0 aromatic rings. The van der Waals surface area contributed by atoms with Gasteiger partial charge in [-0.05, 0) is 0 Å². The van der Waals surface area contributed by atoms with Crippen LogP contribution in [0.2, 0.25) is 0 Å². The van der Waals surface area contributed by atoms with E-state index in [1.807, 2.05) is 0 Å². The quantitative estimate of drug-likeness (QED) is 0.470. The summed E-state index contributed by atoms with van der Waals surface area (Å²) in [4.78, 5) is 0. The fourth-order valence-electron chi connectivity index (χ4n) is 0.619. The third-order valence-electron chi connectivity index (χ3n) is 1.16. The lowest BCUT2D eigenvalue weighted by atomic mass is 10.1. The van der Waals surface area contributed by atoms with E-state index in [9.17, 15) is 0 Å². The summed E-state index contributed by atoms with van der Waals surface area (Å²) in [6.07, 6.45) is 0. The topological polar surface area (TPSA) is 83.4 Å². The number of nitriles is 3. The molecule has 0 saturated heterocycles. The van der Waals surface area contributed by atoms with Crippen LogP contribution in [0.4, 0.5) is 0 Å². The molecule has 0 fully saturated rings. The van der Waals surface area contributed by atoms with E-state index >= 15 is 0 Å². The molecule has 0 aliphatic heterocycles. The maximum Gasteiger partial charge on any atom is 0.154 e. The van der Waals surface area contributed by atoms with Gasteiger partial charge in [-0.3, -0.25) is 0 Å². The summed E-state index contributed by atoms with van der Waals surface area (Å²) in [7, 11) is 1.52. The van der Waals surface area contributed by atoms with Crippen LogP contribution in [0.15, 0.2) is 23.4 Å². The zero-order valence-electron chi connectivity index (χ0n) is 6.55. The average Bonchev–Trinajstić information content (AvgIpc) is 2.12. The lowest BCUT2D eigenvalue weighted by Gasteiger charge is -2.01. The molecule has 0 aliphatic rings. The van der Waals surface area contributed by atoms with Crippen molar-refractivity contribution in [3.63, 3.8) is 0 Å². The van der Waals surface area contributed by atoms with Gasteiger partial charge in [-0.15, -0.1) is 0 Å². The molecule has 0 saturated carbocycles. The Morgan fingerprint density at radius 1 is 1.17 bits per heavy atom. The van der Waals surface area contributed by atoms with E-state index in [0.29, 0.717) is 0 Å². The van der Waals surface area contributed by atoms with Gasteiger partial charge in [0, 0.05) is 7.05 Å². The van der Waals surface area contributed by atoms with E-state index < -0.39 is 0 Å². The molecule has 0 unspecified atom stereocenters. The van der Waals surface area contributed by atoms with Gasteiger partial charge in [-0.1, -0.05) is 6.58 Å². The maximum absolute atomic E-state index is 8.45. The van der Waals surface area contributed by atoms with Crippen molar-refractivity contribution < 1.29 is 0 Å². The lowest BCUT2D eigenvalue weighted by Crippen LogP contribution is -2.09. The van der Waals surface area contributed by atoms with Crippen molar-refractivity contribution in [2.75, 3.05) is 7.05 Å². The Kier molecular flexibility index (Phi) is 3.70. The summed E-state index contributed by atoms with van der Waals surface area (Å²) < 4.78 is 0. The fourth-order valence-corrected chi connectivity index (χ4v) is 0.619. The van der Waals surface area contributed by atoms with Crippen molar-refractivity contribution in [3.05, 3.63) is 23.4 Å². The third kappa shape index (κ3) is 1.87. The molecule has 0 aliphatic carbocycles. The molecule has 0 atom stereocenters. The molecule has 0 bridgehead atoms. The van der Waals surface area contributed by atoms with Crippen molar-refractivity contribution in [2.45, 2.75) is 0 Å². The van der Waals surface area contributed by atoms with Gasteiger partial charge >= 0.3 is 0 Å². The Bertz CT molecular complexity index is 327. The first kappa shape index (κ1) is 9.75. The van der Waals surface area contributed by atoms with Crippen LogP contribution in [0.1, 0.15) is 0 Å². The molecule has 0 aromatic carbocycles. The van der Waals surface area contributed by atoms with Gasteiger partial charge in [-0.2, -0.15) is 15.8 Å². The first-order valence-electron chi connectivity index (χ1n) is 3.02. The number of likely N-dealkylation sites (N-methyl/N-ethyl adjacent to an activating group) is 1. The normalized spacial score (nSPS) is 6.83. The molecule has 0 heterocycles. The minimum Gasteiger partial charge on any atom is -0.385 e. The van der Waals surface area contributed by atoms with E-state index in [4.69, 9.17) is 15.8 Å². The molecule has 0 radical (unpaired) electrons. The van der Waals surface area contributed by atoms with Crippen LogP contribution in [0.25, 0.3) is 0 Å². The Morgan fingerprint density at radius 2 is 1.67 bits per heavy atom. The van der Waals surface area contributed by atoms with Crippen LogP contribution >= 0.6 is 0 Å². The molecular formula is C8H6N4. The van der Waals surface area contributed by atoms with Crippen LogP contribution in [-0.4, -0.2) is 7.05 Å². The van der Waals surface area contributed by atoms with Gasteiger partial charge in [-0.25, -0.2) is 0 Å². The summed E-state index contributed by atoms with van der Waals surface area (Å²) in [5.74, 6) is 0. The van der Waals surface area contributed by atoms with Crippen molar-refractivity contribution in [1.82, 2.24) is 5.32 Å². The highest BCUT2D eigenvalue weighted by Crippen LogP contribution is 2.07. The largest absolute Gasteiger partial charge is 0.385 e. The number of nitrogens with zero attached hydrogens (tertiary/aromatic N) is 3. The monoisotopic (exact) mass is 158 g/mol. The highest BCUT2D eigenvalue weighted by atomic mass is 14.8. The van der Waals surface area contributed by atoms with Gasteiger partial charge < -0.3 is 5.32 Å². The van der Waals surface area contributed by atoms with Gasteiger partial charge in [0.05, 0.1) is 11.3 Å². The fraction of sp³-hybridized carbons (Fsp3) is 0.125. The minimum absolute atomic E-state index is 0.0793. The molecule has 0 aromatic heterocycles. The summed E-state index contributed by atoms with van der Waals surface area (Å²) in [5.41, 5.74) is 0.127. The molecule has 0 amide bonds. The van der Waals surface area contributed by atoms with Crippen LogP contribution in [0.3, 0.4) is 0 Å². The predicted octanol–water partition coefficient (Wildman–Crippen LogP) is 0.587. The van der Waals surface area contributed by atoms with Crippen molar-refractivity contribution in [3.8, 4) is 18.2 Å². The summed E-state index contributed by atoms with van der Waals surface area (Å²) in [6, 6.07) is 5.07. The first-order valence-corrected chi connectivity index (χ1v) is 3.02. The highest BCUT2D eigenvalue weighted by molar-refractivity contribution is 5.51. The second kappa shape index (κ2) is 4.55. The SMILES string of the molecule is C=C(C#N)C(NC)=C(C#N)C#N. The van der Waals surface area contributed by atoms with Crippen LogP contribution in [-0.2, 0) is 0 Å². The van der Waals surface area contributed by atoms with Crippen LogP contribution < -0.4 is 5.32 Å². The van der Waals surface area contributed by atoms with E-state index in [1.54, 1.807) is 18.2 Å². The lowest BCUT2D eigenvalue weighted by molar-refractivity contribution is 1.01. The summed E-state index contributed by atoms with van der Waals surface area (Å²) in [5, 5.41) is 27.9. The Morgan fingerprint density at radius 3 is 1.92 bits per heavy atom. The molecular weight excluding hydrogens is 152 g/mol. The number of nitrogens with one attached hydrogen (secondary N) is 1. The standard InChI is InChI=1S/C8H6N4/c1-6(3-9)8(12-2)7(4-10)5-11/h12H,1H2,2H3. The maximum atomic E-state index is 8.45. The summed E-state index contributed by atoms with van der Waals surface area (Å²) >= 11 is 0. The second-order valence-electron chi connectivity index (χ2n) is 1.81. The first-order chi connectivity index (χ1) is 5.71. The third-order valence-corrected chi connectivity index (χ3v) is 1.16. The summed E-state index contributed by atoms with van der Waals surface area (Å²) in [6.45, 7) is 3.38. The zero-order valence-corrected chi connectivity index (χ0v) is 6.55. The van der Waals surface area contributed by atoms with Gasteiger partial charge in [0.25, 0.3) is 0 Å². The van der Waals surface area contributed by atoms with Crippen LogP contribution in [0, 0.1) is 34.0 Å². The Balaban J connectivity index is 5.21. The van der Waals surface area contributed by atoms with Crippen molar-refractivity contribution >= 4 is 0 Å². The van der Waals surface area contributed by atoms with Gasteiger partial charge in [0.15, 0.2) is 5.57 Å². The number of hydrogen-bond donors (Lipinski definition) is 1. The molecule has 58 valence electrons. The molecule has 12 heavy (non-hydrogen) atoms. The predicted molar refractivity (Wildman–Crippen MR) is 42.1 cm³/mol. The zero-order chi connectivity index (χ0) is 9.56. The van der Waals surface area contributed by atoms with E-state index in [1.165, 1.54) is 7.05 Å². The average molecular weight is 158 g/mol. The number of rotatable bonds is 2. The second-order valence-corrected chi connectivity index (χ2v) is 1.81. The smallest absolute Gasteiger partial charge is 0.154 e. The van der Waals surface area contributed by atoms with Crippen LogP contribution in [0.5, 0.6) is 0 Å². The van der Waals surface area contributed by atoms with Gasteiger partial charge in [0.2, 0.25) is 0 Å². The number of hydrogen-bond acceptors (Lipinski definition) is 4. The molecule has 0 rings (SSSR count). The molecule has 4 heteroatoms. The molecule has 4 nitrogen and oxygen atoms in total. The molecule has 0 spiro atoms. The number of allylic oxidation sites excluding steroid dienone is 2. The van der Waals surface area contributed by atoms with Gasteiger partial charge in [0.1, 0.15) is 18.2 Å². The Labute approximate surface area is 70.6 Å². The highest BCUT2D eigenvalue weighted by Gasteiger charge is 2.06. The Hall–Kier alpha value is -2.25.